The summed E-state index contributed by atoms with van der Waals surface area (Å²) in [5.41, 5.74) is 2.24. The van der Waals surface area contributed by atoms with Crippen LogP contribution in [0.4, 0.5) is 0 Å². The van der Waals surface area contributed by atoms with E-state index in [0.29, 0.717) is 0 Å². The van der Waals surface area contributed by atoms with Crippen molar-refractivity contribution in [2.24, 2.45) is 0 Å². The molecule has 0 fully saturated rings. The van der Waals surface area contributed by atoms with Crippen molar-refractivity contribution in [1.29, 1.82) is 0 Å². The Kier molecular flexibility index (Phi) is 8.62. The number of hydrogen-bond donors (Lipinski definition) is 0. The molecule has 0 aliphatic heterocycles. The largest absolute Gasteiger partial charge is 0.0990 e. The summed E-state index contributed by atoms with van der Waals surface area (Å²) in [7, 11) is 0. The first-order valence-corrected chi connectivity index (χ1v) is 5.37. The molecule has 0 radical (unpaired) electrons. The Morgan fingerprint density at radius 3 is 1.31 bits per heavy atom. The molecule has 16 heavy (non-hydrogen) atoms. The van der Waals surface area contributed by atoms with Gasteiger partial charge < -0.3 is 0 Å². The molecule has 0 saturated heterocycles. The van der Waals surface area contributed by atoms with Gasteiger partial charge in [0.2, 0.25) is 0 Å². The van der Waals surface area contributed by atoms with Crippen LogP contribution in [0.15, 0.2) is 85.1 Å². The minimum atomic E-state index is 1.12. The van der Waals surface area contributed by atoms with E-state index in [1.165, 1.54) is 0 Å². The summed E-state index contributed by atoms with van der Waals surface area (Å²) in [6, 6.07) is 0. The summed E-state index contributed by atoms with van der Waals surface area (Å²) in [5.74, 6) is 0. The fraction of sp³-hybridized carbons (Fsp3) is 0.125. The lowest BCUT2D eigenvalue weighted by Gasteiger charge is -1.94. The van der Waals surface area contributed by atoms with Crippen LogP contribution in [-0.4, -0.2) is 0 Å². The van der Waals surface area contributed by atoms with Gasteiger partial charge in [-0.25, -0.2) is 0 Å². The van der Waals surface area contributed by atoms with Crippen molar-refractivity contribution in [3.05, 3.63) is 85.1 Å². The molecule has 84 valence electrons. The maximum atomic E-state index is 3.69. The molecule has 0 heterocycles. The topological polar surface area (TPSA) is 0 Å². The Balaban J connectivity index is 4.89. The highest BCUT2D eigenvalue weighted by Gasteiger charge is 1.85. The van der Waals surface area contributed by atoms with Crippen LogP contribution in [0.3, 0.4) is 0 Å². The Morgan fingerprint density at radius 2 is 1.06 bits per heavy atom. The van der Waals surface area contributed by atoms with E-state index >= 15 is 0 Å². The molecule has 0 atom stereocenters. The number of hydrogen-bond acceptors (Lipinski definition) is 0. The molecule has 0 aliphatic carbocycles. The molecule has 0 aliphatic rings. The summed E-state index contributed by atoms with van der Waals surface area (Å²) in [5, 5.41) is 0. The Bertz CT molecular complexity index is 321. The van der Waals surface area contributed by atoms with Crippen molar-refractivity contribution in [2.45, 2.75) is 13.8 Å². The van der Waals surface area contributed by atoms with E-state index in [2.05, 4.69) is 25.3 Å². The van der Waals surface area contributed by atoms with Gasteiger partial charge in [-0.05, 0) is 25.0 Å². The fourth-order valence-corrected chi connectivity index (χ4v) is 1.18. The molecule has 0 aromatic heterocycles. The van der Waals surface area contributed by atoms with Crippen molar-refractivity contribution >= 4 is 0 Å². The van der Waals surface area contributed by atoms with Crippen LogP contribution < -0.4 is 0 Å². The van der Waals surface area contributed by atoms with Crippen LogP contribution in [0.1, 0.15) is 13.8 Å². The molecule has 0 aromatic carbocycles. The highest BCUT2D eigenvalue weighted by Crippen LogP contribution is 2.06. The number of allylic oxidation sites excluding steroid dienone is 12. The maximum Gasteiger partial charge on any atom is -0.0260 e. The summed E-state index contributed by atoms with van der Waals surface area (Å²) in [6.07, 6.45) is 19.7. The second kappa shape index (κ2) is 9.72. The van der Waals surface area contributed by atoms with Crippen LogP contribution >= 0.6 is 0 Å². The predicted octanol–water partition coefficient (Wildman–Crippen LogP) is 4.92. The normalized spacial score (nSPS) is 14.1. The van der Waals surface area contributed by atoms with Crippen molar-refractivity contribution in [3.8, 4) is 0 Å². The number of rotatable bonds is 6. The molecule has 0 aromatic rings. The third-order valence-corrected chi connectivity index (χ3v) is 1.81. The molecule has 0 amide bonds. The van der Waals surface area contributed by atoms with Crippen LogP contribution in [0.25, 0.3) is 0 Å². The maximum absolute atomic E-state index is 3.69. The zero-order valence-corrected chi connectivity index (χ0v) is 10.2. The first-order valence-electron chi connectivity index (χ1n) is 5.37. The van der Waals surface area contributed by atoms with Crippen LogP contribution in [-0.2, 0) is 0 Å². The highest BCUT2D eigenvalue weighted by atomic mass is 13.9. The SMILES string of the molecule is C=C/C=C(\C=C/C)/C=C\C(\C=C/C)=C\C=C. The van der Waals surface area contributed by atoms with E-state index in [-0.39, 0.29) is 0 Å². The van der Waals surface area contributed by atoms with Gasteiger partial charge in [-0.3, -0.25) is 0 Å². The quantitative estimate of drug-likeness (QED) is 0.548. The fourth-order valence-electron chi connectivity index (χ4n) is 1.18. The third-order valence-electron chi connectivity index (χ3n) is 1.81. The first-order chi connectivity index (χ1) is 7.78. The molecular weight excluding hydrogens is 192 g/mol. The molecule has 0 N–H and O–H groups in total. The van der Waals surface area contributed by atoms with Crippen LogP contribution in [0.2, 0.25) is 0 Å². The summed E-state index contributed by atoms with van der Waals surface area (Å²) < 4.78 is 0. The minimum absolute atomic E-state index is 1.12. The van der Waals surface area contributed by atoms with Gasteiger partial charge in [-0.1, -0.05) is 73.9 Å². The van der Waals surface area contributed by atoms with E-state index in [9.17, 15) is 0 Å². The van der Waals surface area contributed by atoms with Crippen molar-refractivity contribution in [3.63, 3.8) is 0 Å². The van der Waals surface area contributed by atoms with Gasteiger partial charge in [0.25, 0.3) is 0 Å². The standard InChI is InChI=1S/C16H20/c1-5-9-15(10-6-2)13-14-16(11-7-3)12-8-4/h5-14H,1,3H2,2,4H3/b10-6-,12-8-,14-13-,15-9+,16-11+. The molecule has 0 saturated carbocycles. The van der Waals surface area contributed by atoms with E-state index < -0.39 is 0 Å². The van der Waals surface area contributed by atoms with Gasteiger partial charge >= 0.3 is 0 Å². The van der Waals surface area contributed by atoms with Gasteiger partial charge in [0, 0.05) is 0 Å². The Labute approximate surface area is 99.4 Å². The molecule has 0 rings (SSSR count). The smallest absolute Gasteiger partial charge is 0.0260 e. The van der Waals surface area contributed by atoms with E-state index in [1.807, 2.05) is 50.3 Å². The Morgan fingerprint density at radius 1 is 0.688 bits per heavy atom. The Hall–Kier alpha value is -1.82. The van der Waals surface area contributed by atoms with Crippen molar-refractivity contribution in [1.82, 2.24) is 0 Å². The molecule has 0 nitrogen and oxygen atoms in total. The van der Waals surface area contributed by atoms with Gasteiger partial charge in [0.05, 0.1) is 0 Å². The summed E-state index contributed by atoms with van der Waals surface area (Å²) in [4.78, 5) is 0. The van der Waals surface area contributed by atoms with Gasteiger partial charge in [-0.15, -0.1) is 0 Å². The van der Waals surface area contributed by atoms with E-state index in [1.54, 1.807) is 12.2 Å². The molecule has 0 heteroatoms. The lowest BCUT2D eigenvalue weighted by atomic mass is 10.1. The van der Waals surface area contributed by atoms with Crippen LogP contribution in [0.5, 0.6) is 0 Å². The van der Waals surface area contributed by atoms with E-state index in [0.717, 1.165) is 11.1 Å². The van der Waals surface area contributed by atoms with Gasteiger partial charge in [0.1, 0.15) is 0 Å². The molecular formula is C16H20. The van der Waals surface area contributed by atoms with Crippen molar-refractivity contribution in [2.75, 3.05) is 0 Å². The van der Waals surface area contributed by atoms with Crippen molar-refractivity contribution < 1.29 is 0 Å². The average molecular weight is 212 g/mol. The third kappa shape index (κ3) is 6.61. The first kappa shape index (κ1) is 14.2. The zero-order chi connectivity index (χ0) is 12.2. The lowest BCUT2D eigenvalue weighted by molar-refractivity contribution is 1.58. The second-order valence-electron chi connectivity index (χ2n) is 3.14. The van der Waals surface area contributed by atoms with Gasteiger partial charge in [0.15, 0.2) is 0 Å². The van der Waals surface area contributed by atoms with E-state index in [4.69, 9.17) is 0 Å². The van der Waals surface area contributed by atoms with Crippen LogP contribution in [0, 0.1) is 0 Å². The molecule has 0 unspecified atom stereocenters. The van der Waals surface area contributed by atoms with Gasteiger partial charge in [-0.2, -0.15) is 0 Å². The monoisotopic (exact) mass is 212 g/mol. The lowest BCUT2D eigenvalue weighted by Crippen LogP contribution is -1.74. The molecule has 0 spiro atoms. The highest BCUT2D eigenvalue weighted by molar-refractivity contribution is 5.41. The zero-order valence-electron chi connectivity index (χ0n) is 10.2. The predicted molar refractivity (Wildman–Crippen MR) is 75.3 cm³/mol. The molecule has 0 bridgehead atoms. The second-order valence-corrected chi connectivity index (χ2v) is 3.14. The minimum Gasteiger partial charge on any atom is -0.0990 e. The summed E-state index contributed by atoms with van der Waals surface area (Å²) >= 11 is 0. The summed E-state index contributed by atoms with van der Waals surface area (Å²) in [6.45, 7) is 11.4. The average Bonchev–Trinajstić information content (AvgIpc) is 2.27.